The lowest BCUT2D eigenvalue weighted by molar-refractivity contribution is -0.141. The second-order valence-corrected chi connectivity index (χ2v) is 4.12. The van der Waals surface area contributed by atoms with Crippen LogP contribution in [0.5, 0.6) is 5.75 Å². The second kappa shape index (κ2) is 4.71. The van der Waals surface area contributed by atoms with Gasteiger partial charge in [-0.1, -0.05) is 0 Å². The van der Waals surface area contributed by atoms with Gasteiger partial charge in [-0.15, -0.1) is 0 Å². The van der Waals surface area contributed by atoms with Gasteiger partial charge in [0.15, 0.2) is 0 Å². The molecule has 0 radical (unpaired) electrons. The molecule has 5 heteroatoms. The summed E-state index contributed by atoms with van der Waals surface area (Å²) in [6, 6.07) is 4.23. The predicted molar refractivity (Wildman–Crippen MR) is 59.4 cm³/mol. The average molecular weight is 239 g/mol. The standard InChI is InChI=1S/C12H14FNO3/c1-17-8-2-3-10(13)9(5-8)11-4-7(6-14-11)12(15)16/h2-3,5,7,11,14H,4,6H2,1H3,(H,15,16). The summed E-state index contributed by atoms with van der Waals surface area (Å²) in [6.07, 6.45) is 0.402. The number of methoxy groups -OCH3 is 1. The molecule has 17 heavy (non-hydrogen) atoms. The third-order valence-corrected chi connectivity index (χ3v) is 3.06. The Balaban J connectivity index is 2.20. The lowest BCUT2D eigenvalue weighted by atomic mass is 9.99. The van der Waals surface area contributed by atoms with E-state index in [1.807, 2.05) is 0 Å². The lowest BCUT2D eigenvalue weighted by Crippen LogP contribution is -2.17. The molecule has 1 saturated heterocycles. The molecule has 1 aliphatic heterocycles. The molecule has 2 atom stereocenters. The van der Waals surface area contributed by atoms with Crippen molar-refractivity contribution >= 4 is 5.97 Å². The predicted octanol–water partition coefficient (Wildman–Crippen LogP) is 1.57. The average Bonchev–Trinajstić information content (AvgIpc) is 2.79. The minimum atomic E-state index is -0.844. The summed E-state index contributed by atoms with van der Waals surface area (Å²) in [4.78, 5) is 10.8. The zero-order valence-electron chi connectivity index (χ0n) is 9.44. The Kier molecular flexibility index (Phi) is 3.28. The van der Waals surface area contributed by atoms with E-state index in [0.717, 1.165) is 0 Å². The highest BCUT2D eigenvalue weighted by Gasteiger charge is 2.31. The van der Waals surface area contributed by atoms with Crippen molar-refractivity contribution in [2.45, 2.75) is 12.5 Å². The number of rotatable bonds is 3. The number of hydrogen-bond donors (Lipinski definition) is 2. The van der Waals surface area contributed by atoms with Gasteiger partial charge < -0.3 is 15.2 Å². The number of ether oxygens (including phenoxy) is 1. The van der Waals surface area contributed by atoms with Crippen molar-refractivity contribution in [1.29, 1.82) is 0 Å². The van der Waals surface area contributed by atoms with Crippen LogP contribution in [0.2, 0.25) is 0 Å². The van der Waals surface area contributed by atoms with Crippen molar-refractivity contribution < 1.29 is 19.0 Å². The van der Waals surface area contributed by atoms with Crippen molar-refractivity contribution in [2.75, 3.05) is 13.7 Å². The zero-order valence-corrected chi connectivity index (χ0v) is 9.44. The van der Waals surface area contributed by atoms with Crippen LogP contribution in [0, 0.1) is 11.7 Å². The van der Waals surface area contributed by atoms with Crippen LogP contribution < -0.4 is 10.1 Å². The maximum atomic E-state index is 13.6. The molecule has 0 bridgehead atoms. The number of benzene rings is 1. The summed E-state index contributed by atoms with van der Waals surface area (Å²) in [5.74, 6) is -1.06. The van der Waals surface area contributed by atoms with Crippen molar-refractivity contribution in [3.05, 3.63) is 29.6 Å². The van der Waals surface area contributed by atoms with Gasteiger partial charge in [0, 0.05) is 18.2 Å². The van der Waals surface area contributed by atoms with Gasteiger partial charge >= 0.3 is 5.97 Å². The Morgan fingerprint density at radius 3 is 2.94 bits per heavy atom. The molecule has 1 heterocycles. The Morgan fingerprint density at radius 2 is 2.35 bits per heavy atom. The second-order valence-electron chi connectivity index (χ2n) is 4.12. The molecule has 2 unspecified atom stereocenters. The van der Waals surface area contributed by atoms with E-state index in [4.69, 9.17) is 9.84 Å². The highest BCUT2D eigenvalue weighted by Crippen LogP contribution is 2.31. The first-order valence-corrected chi connectivity index (χ1v) is 5.41. The number of halogens is 1. The van der Waals surface area contributed by atoms with E-state index in [0.29, 0.717) is 24.3 Å². The topological polar surface area (TPSA) is 58.6 Å². The number of carboxylic acids is 1. The summed E-state index contributed by atoms with van der Waals surface area (Å²) in [5.41, 5.74) is 0.466. The maximum absolute atomic E-state index is 13.6. The van der Waals surface area contributed by atoms with Gasteiger partial charge in [-0.2, -0.15) is 0 Å². The molecule has 0 amide bonds. The molecule has 92 valence electrons. The van der Waals surface area contributed by atoms with Gasteiger partial charge in [-0.05, 0) is 24.6 Å². The quantitative estimate of drug-likeness (QED) is 0.840. The molecule has 1 fully saturated rings. The number of carboxylic acid groups (broad SMARTS) is 1. The molecule has 4 nitrogen and oxygen atoms in total. The first-order valence-electron chi connectivity index (χ1n) is 5.41. The molecule has 0 saturated carbocycles. The molecule has 1 aromatic carbocycles. The smallest absolute Gasteiger partial charge is 0.307 e. The van der Waals surface area contributed by atoms with E-state index >= 15 is 0 Å². The van der Waals surface area contributed by atoms with Crippen molar-refractivity contribution in [3.8, 4) is 5.75 Å². The third-order valence-electron chi connectivity index (χ3n) is 3.06. The van der Waals surface area contributed by atoms with Crippen LogP contribution in [0.25, 0.3) is 0 Å². The fourth-order valence-electron chi connectivity index (χ4n) is 2.08. The molecular weight excluding hydrogens is 225 g/mol. The van der Waals surface area contributed by atoms with Gasteiger partial charge in [0.2, 0.25) is 0 Å². The molecular formula is C12H14FNO3. The summed E-state index contributed by atoms with van der Waals surface area (Å²) >= 11 is 0. The molecule has 0 aliphatic carbocycles. The minimum absolute atomic E-state index is 0.258. The summed E-state index contributed by atoms with van der Waals surface area (Å²) in [5, 5.41) is 11.9. The van der Waals surface area contributed by atoms with Crippen molar-refractivity contribution in [1.82, 2.24) is 5.32 Å². The minimum Gasteiger partial charge on any atom is -0.497 e. The zero-order chi connectivity index (χ0) is 12.4. The van der Waals surface area contributed by atoms with Crippen LogP contribution in [-0.4, -0.2) is 24.7 Å². The maximum Gasteiger partial charge on any atom is 0.307 e. The third kappa shape index (κ3) is 2.39. The molecule has 0 spiro atoms. The van der Waals surface area contributed by atoms with Crippen LogP contribution >= 0.6 is 0 Å². The Morgan fingerprint density at radius 1 is 1.59 bits per heavy atom. The van der Waals surface area contributed by atoms with Crippen molar-refractivity contribution in [2.24, 2.45) is 5.92 Å². The van der Waals surface area contributed by atoms with Gasteiger partial charge in [0.1, 0.15) is 11.6 Å². The number of hydrogen-bond acceptors (Lipinski definition) is 3. The molecule has 1 aromatic rings. The molecule has 2 N–H and O–H groups in total. The lowest BCUT2D eigenvalue weighted by Gasteiger charge is -2.13. The summed E-state index contributed by atoms with van der Waals surface area (Å²) in [7, 11) is 1.51. The first kappa shape index (κ1) is 11.9. The van der Waals surface area contributed by atoms with Crippen molar-refractivity contribution in [3.63, 3.8) is 0 Å². The van der Waals surface area contributed by atoms with Crippen LogP contribution in [0.1, 0.15) is 18.0 Å². The first-order chi connectivity index (χ1) is 8.11. The largest absolute Gasteiger partial charge is 0.497 e. The van der Waals surface area contributed by atoms with Gasteiger partial charge in [0.25, 0.3) is 0 Å². The van der Waals surface area contributed by atoms with Gasteiger partial charge in [-0.3, -0.25) is 4.79 Å². The monoisotopic (exact) mass is 239 g/mol. The Hall–Kier alpha value is -1.62. The van der Waals surface area contributed by atoms with Crippen LogP contribution in [0.15, 0.2) is 18.2 Å². The fourth-order valence-corrected chi connectivity index (χ4v) is 2.08. The summed E-state index contributed by atoms with van der Waals surface area (Å²) in [6.45, 7) is 0.372. The van der Waals surface area contributed by atoms with Crippen LogP contribution in [0.3, 0.4) is 0 Å². The van der Waals surface area contributed by atoms with E-state index in [1.165, 1.54) is 13.2 Å². The highest BCUT2D eigenvalue weighted by molar-refractivity contribution is 5.70. The van der Waals surface area contributed by atoms with Crippen LogP contribution in [0.4, 0.5) is 4.39 Å². The number of nitrogens with one attached hydrogen (secondary N) is 1. The summed E-state index contributed by atoms with van der Waals surface area (Å²) < 4.78 is 18.7. The molecule has 0 aromatic heterocycles. The molecule has 2 rings (SSSR count). The van der Waals surface area contributed by atoms with E-state index < -0.39 is 11.9 Å². The van der Waals surface area contributed by atoms with E-state index in [2.05, 4.69) is 5.32 Å². The Bertz CT molecular complexity index is 436. The molecule has 1 aliphatic rings. The number of carbonyl (C=O) groups is 1. The normalized spacial score (nSPS) is 23.6. The van der Waals surface area contributed by atoms with Gasteiger partial charge in [-0.25, -0.2) is 4.39 Å². The van der Waals surface area contributed by atoms with E-state index in [9.17, 15) is 9.18 Å². The fraction of sp³-hybridized carbons (Fsp3) is 0.417. The van der Waals surface area contributed by atoms with Gasteiger partial charge in [0.05, 0.1) is 13.0 Å². The highest BCUT2D eigenvalue weighted by atomic mass is 19.1. The Labute approximate surface area is 98.4 Å². The SMILES string of the molecule is COc1ccc(F)c(C2CC(C(=O)O)CN2)c1. The van der Waals surface area contributed by atoms with E-state index in [1.54, 1.807) is 12.1 Å². The van der Waals surface area contributed by atoms with Crippen LogP contribution in [-0.2, 0) is 4.79 Å². The van der Waals surface area contributed by atoms with E-state index in [-0.39, 0.29) is 11.9 Å². The number of aliphatic carboxylic acids is 1.